The number of nitrogen functional groups attached to an aromatic ring is 1. The lowest BCUT2D eigenvalue weighted by Crippen LogP contribution is -2.30. The molecule has 0 saturated carbocycles. The van der Waals surface area contributed by atoms with Gasteiger partial charge in [0.05, 0.1) is 11.1 Å². The van der Waals surface area contributed by atoms with Gasteiger partial charge in [0.15, 0.2) is 0 Å². The Balaban J connectivity index is 2.04. The summed E-state index contributed by atoms with van der Waals surface area (Å²) in [6.07, 6.45) is 3.00. The summed E-state index contributed by atoms with van der Waals surface area (Å²) in [5.41, 5.74) is 6.98. The molecule has 4 heteroatoms. The van der Waals surface area contributed by atoms with Gasteiger partial charge < -0.3 is 5.73 Å². The first-order valence-corrected chi connectivity index (χ1v) is 6.77. The van der Waals surface area contributed by atoms with E-state index in [-0.39, 0.29) is 11.8 Å². The van der Waals surface area contributed by atoms with Crippen molar-refractivity contribution < 1.29 is 9.59 Å². The Hall–Kier alpha value is -1.84. The summed E-state index contributed by atoms with van der Waals surface area (Å²) < 4.78 is 0. The molecule has 1 aliphatic rings. The minimum absolute atomic E-state index is 0.211. The molecule has 0 spiro atoms. The molecule has 2 amide bonds. The van der Waals surface area contributed by atoms with Gasteiger partial charge in [0.1, 0.15) is 0 Å². The molecule has 1 heterocycles. The Morgan fingerprint density at radius 1 is 1.16 bits per heavy atom. The minimum Gasteiger partial charge on any atom is -0.398 e. The molecular formula is C15H20N2O2. The Kier molecular flexibility index (Phi) is 3.88. The smallest absolute Gasteiger partial charge is 0.263 e. The van der Waals surface area contributed by atoms with Gasteiger partial charge in [-0.05, 0) is 24.5 Å². The van der Waals surface area contributed by atoms with Crippen LogP contribution in [0, 0.1) is 5.92 Å². The van der Waals surface area contributed by atoms with Crippen molar-refractivity contribution in [2.75, 3.05) is 12.3 Å². The Morgan fingerprint density at radius 2 is 1.89 bits per heavy atom. The Labute approximate surface area is 113 Å². The molecule has 0 unspecified atom stereocenters. The zero-order chi connectivity index (χ0) is 14.0. The van der Waals surface area contributed by atoms with Crippen molar-refractivity contribution in [2.24, 2.45) is 5.92 Å². The van der Waals surface area contributed by atoms with Gasteiger partial charge in [0.2, 0.25) is 0 Å². The average Bonchev–Trinajstić information content (AvgIpc) is 2.59. The summed E-state index contributed by atoms with van der Waals surface area (Å²) in [4.78, 5) is 25.6. The van der Waals surface area contributed by atoms with Crippen molar-refractivity contribution >= 4 is 17.5 Å². The highest BCUT2D eigenvalue weighted by Gasteiger charge is 2.36. The molecule has 0 saturated heterocycles. The molecular weight excluding hydrogens is 240 g/mol. The van der Waals surface area contributed by atoms with E-state index in [9.17, 15) is 9.59 Å². The molecule has 0 fully saturated rings. The van der Waals surface area contributed by atoms with Gasteiger partial charge >= 0.3 is 0 Å². The quantitative estimate of drug-likeness (QED) is 0.503. The highest BCUT2D eigenvalue weighted by Crippen LogP contribution is 2.27. The summed E-state index contributed by atoms with van der Waals surface area (Å²) in [5, 5.41) is 0. The molecule has 102 valence electrons. The third-order valence-electron chi connectivity index (χ3n) is 3.44. The van der Waals surface area contributed by atoms with Crippen LogP contribution in [-0.2, 0) is 0 Å². The van der Waals surface area contributed by atoms with Crippen LogP contribution >= 0.6 is 0 Å². The number of unbranched alkanes of at least 4 members (excludes halogenated alkanes) is 1. The second-order valence-electron chi connectivity index (χ2n) is 5.42. The molecule has 2 N–H and O–H groups in total. The van der Waals surface area contributed by atoms with E-state index in [2.05, 4.69) is 13.8 Å². The number of carbonyl (C=O) groups is 2. The maximum Gasteiger partial charge on any atom is 0.263 e. The second kappa shape index (κ2) is 5.43. The van der Waals surface area contributed by atoms with Gasteiger partial charge in [0.25, 0.3) is 11.8 Å². The fourth-order valence-corrected chi connectivity index (χ4v) is 2.39. The van der Waals surface area contributed by atoms with Crippen molar-refractivity contribution in [2.45, 2.75) is 33.1 Å². The number of hydrogen-bond donors (Lipinski definition) is 1. The van der Waals surface area contributed by atoms with Gasteiger partial charge in [-0.3, -0.25) is 14.5 Å². The van der Waals surface area contributed by atoms with E-state index in [1.807, 2.05) is 0 Å². The van der Waals surface area contributed by atoms with Gasteiger partial charge in [-0.1, -0.05) is 32.8 Å². The van der Waals surface area contributed by atoms with Crippen LogP contribution in [0.4, 0.5) is 5.69 Å². The van der Waals surface area contributed by atoms with Crippen LogP contribution in [0.15, 0.2) is 18.2 Å². The lowest BCUT2D eigenvalue weighted by Gasteiger charge is -2.14. The Bertz CT molecular complexity index is 509. The highest BCUT2D eigenvalue weighted by atomic mass is 16.2. The van der Waals surface area contributed by atoms with Crippen LogP contribution in [0.1, 0.15) is 53.8 Å². The van der Waals surface area contributed by atoms with Crippen molar-refractivity contribution in [3.8, 4) is 0 Å². The van der Waals surface area contributed by atoms with Crippen molar-refractivity contribution in [1.29, 1.82) is 0 Å². The number of nitrogens with two attached hydrogens (primary N) is 1. The largest absolute Gasteiger partial charge is 0.398 e. The maximum atomic E-state index is 12.2. The monoisotopic (exact) mass is 260 g/mol. The van der Waals surface area contributed by atoms with Crippen molar-refractivity contribution in [3.63, 3.8) is 0 Å². The second-order valence-corrected chi connectivity index (χ2v) is 5.42. The summed E-state index contributed by atoms with van der Waals surface area (Å²) in [5.74, 6) is 0.192. The molecule has 19 heavy (non-hydrogen) atoms. The molecule has 0 bridgehead atoms. The van der Waals surface area contributed by atoms with Gasteiger partial charge in [-0.15, -0.1) is 0 Å². The first-order chi connectivity index (χ1) is 9.02. The zero-order valence-corrected chi connectivity index (χ0v) is 11.5. The third kappa shape index (κ3) is 2.62. The molecule has 0 atom stereocenters. The number of benzene rings is 1. The highest BCUT2D eigenvalue weighted by molar-refractivity contribution is 6.23. The van der Waals surface area contributed by atoms with Crippen LogP contribution in [0.3, 0.4) is 0 Å². The standard InChI is InChI=1S/C15H20N2O2/c1-10(2)6-3-4-9-17-14(18)11-7-5-8-12(16)13(11)15(17)19/h5,7-8,10H,3-4,6,9,16H2,1-2H3. The van der Waals surface area contributed by atoms with Crippen LogP contribution < -0.4 is 5.73 Å². The molecule has 0 aromatic heterocycles. The first-order valence-electron chi connectivity index (χ1n) is 6.77. The number of rotatable bonds is 5. The fraction of sp³-hybridized carbons (Fsp3) is 0.467. The molecule has 1 aliphatic heterocycles. The minimum atomic E-state index is -0.248. The summed E-state index contributed by atoms with van der Waals surface area (Å²) in [6, 6.07) is 5.04. The number of imide groups is 1. The molecule has 1 aromatic rings. The molecule has 1 aromatic carbocycles. The van der Waals surface area contributed by atoms with Crippen molar-refractivity contribution in [1.82, 2.24) is 4.90 Å². The maximum absolute atomic E-state index is 12.2. The topological polar surface area (TPSA) is 63.4 Å². The van der Waals surface area contributed by atoms with Crippen LogP contribution in [-0.4, -0.2) is 23.3 Å². The molecule has 0 aliphatic carbocycles. The van der Waals surface area contributed by atoms with E-state index in [0.29, 0.717) is 29.3 Å². The lowest BCUT2D eigenvalue weighted by atomic mass is 10.1. The summed E-state index contributed by atoms with van der Waals surface area (Å²) in [6.45, 7) is 4.82. The SMILES string of the molecule is CC(C)CCCCN1C(=O)c2cccc(N)c2C1=O. The lowest BCUT2D eigenvalue weighted by molar-refractivity contribution is 0.0651. The number of fused-ring (bicyclic) bond motifs is 1. The van der Waals surface area contributed by atoms with E-state index in [1.54, 1.807) is 18.2 Å². The fourth-order valence-electron chi connectivity index (χ4n) is 2.39. The Morgan fingerprint density at radius 3 is 2.53 bits per heavy atom. The summed E-state index contributed by atoms with van der Waals surface area (Å²) in [7, 11) is 0. The van der Waals surface area contributed by atoms with Crippen molar-refractivity contribution in [3.05, 3.63) is 29.3 Å². The van der Waals surface area contributed by atoms with E-state index >= 15 is 0 Å². The number of anilines is 1. The van der Waals surface area contributed by atoms with Crippen LogP contribution in [0.2, 0.25) is 0 Å². The third-order valence-corrected chi connectivity index (χ3v) is 3.44. The molecule has 2 rings (SSSR count). The van der Waals surface area contributed by atoms with Crippen LogP contribution in [0.25, 0.3) is 0 Å². The number of hydrogen-bond acceptors (Lipinski definition) is 3. The van der Waals surface area contributed by atoms with Crippen LogP contribution in [0.5, 0.6) is 0 Å². The van der Waals surface area contributed by atoms with E-state index < -0.39 is 0 Å². The zero-order valence-electron chi connectivity index (χ0n) is 11.5. The normalized spacial score (nSPS) is 14.4. The first kappa shape index (κ1) is 13.6. The molecule has 4 nitrogen and oxygen atoms in total. The van der Waals surface area contributed by atoms with Gasteiger partial charge in [-0.25, -0.2) is 0 Å². The predicted molar refractivity (Wildman–Crippen MR) is 74.9 cm³/mol. The molecule has 0 radical (unpaired) electrons. The predicted octanol–water partition coefficient (Wildman–Crippen LogP) is 2.69. The number of amides is 2. The van der Waals surface area contributed by atoms with E-state index in [1.165, 1.54) is 4.90 Å². The van der Waals surface area contributed by atoms with Gasteiger partial charge in [-0.2, -0.15) is 0 Å². The number of carbonyl (C=O) groups excluding carboxylic acids is 2. The number of nitrogens with zero attached hydrogens (tertiary/aromatic N) is 1. The average molecular weight is 260 g/mol. The summed E-state index contributed by atoms with van der Waals surface area (Å²) >= 11 is 0. The van der Waals surface area contributed by atoms with E-state index in [4.69, 9.17) is 5.73 Å². The van der Waals surface area contributed by atoms with Gasteiger partial charge in [0, 0.05) is 12.2 Å². The van der Waals surface area contributed by atoms with E-state index in [0.717, 1.165) is 19.3 Å².